The van der Waals surface area contributed by atoms with E-state index < -0.39 is 7.82 Å². The smallest absolute Gasteiger partial charge is 0.316 e. The Labute approximate surface area is 92.8 Å². The zero-order valence-electron chi connectivity index (χ0n) is 2.90. The van der Waals surface area contributed by atoms with Gasteiger partial charge >= 0.3 is 68.6 Å². The Morgan fingerprint density at radius 1 is 1.12 bits per heavy atom. The van der Waals surface area contributed by atoms with E-state index in [9.17, 15) is 0 Å². The fourth-order valence-corrected chi connectivity index (χ4v) is 0. The van der Waals surface area contributed by atoms with Crippen LogP contribution in [0.1, 0.15) is 0 Å². The summed E-state index contributed by atoms with van der Waals surface area (Å²) < 4.78 is 8.88. The van der Waals surface area contributed by atoms with Crippen LogP contribution in [-0.4, -0.2) is 75.5 Å². The van der Waals surface area contributed by atoms with Crippen LogP contribution in [0.15, 0.2) is 0 Å². The van der Waals surface area contributed by atoms with Gasteiger partial charge in [-0.2, -0.15) is 0 Å². The summed E-state index contributed by atoms with van der Waals surface area (Å²) in [4.78, 5) is 21.6. The van der Waals surface area contributed by atoms with Crippen LogP contribution >= 0.6 is 7.82 Å². The van der Waals surface area contributed by atoms with Crippen LogP contribution in [0.2, 0.25) is 0 Å². The molecule has 0 bridgehead atoms. The number of hydrogen-bond donors (Lipinski definition) is 4. The van der Waals surface area contributed by atoms with Gasteiger partial charge in [-0.15, -0.1) is 0 Å². The van der Waals surface area contributed by atoms with Gasteiger partial charge in [-0.25, -0.2) is 4.57 Å². The van der Waals surface area contributed by atoms with E-state index in [4.69, 9.17) is 19.2 Å². The molecular weight excluding hydrogens is 173 g/mol. The Balaban J connectivity index is -0.0000000267. The molecule has 0 amide bonds. The third-order valence-electron chi connectivity index (χ3n) is 0. The van der Waals surface area contributed by atoms with Crippen molar-refractivity contribution in [3.8, 4) is 0 Å². The molecule has 0 aromatic carbocycles. The maximum atomic E-state index is 8.88. The van der Waals surface area contributed by atoms with Crippen molar-refractivity contribution in [2.45, 2.75) is 0 Å². The van der Waals surface area contributed by atoms with Gasteiger partial charge in [0.25, 0.3) is 0 Å². The molecule has 0 radical (unpaired) electrons. The van der Waals surface area contributed by atoms with Gasteiger partial charge in [0.1, 0.15) is 0 Å². The van der Waals surface area contributed by atoms with Crippen molar-refractivity contribution in [1.82, 2.24) is 6.15 Å². The van der Waals surface area contributed by atoms with Gasteiger partial charge in [-0.3, -0.25) is 0 Å². The molecule has 8 heteroatoms. The molecule has 0 saturated heterocycles. The summed E-state index contributed by atoms with van der Waals surface area (Å²) in [6, 6.07) is 0. The zero-order valence-corrected chi connectivity index (χ0v) is 3.80. The fraction of sp³-hybridized carbons (Fsp3) is 0. The Hall–Kier alpha value is 2.10. The zero-order chi connectivity index (χ0) is 4.50. The van der Waals surface area contributed by atoms with Gasteiger partial charge in [0, 0.05) is 0 Å². The molecule has 0 aliphatic carbocycles. The van der Waals surface area contributed by atoms with E-state index in [0.717, 1.165) is 0 Å². The normalized spacial score (nSPS) is 7.38. The van der Waals surface area contributed by atoms with E-state index in [-0.39, 0.29) is 66.9 Å². The molecule has 6 N–H and O–H groups in total. The summed E-state index contributed by atoms with van der Waals surface area (Å²) in [5, 5.41) is 0. The summed E-state index contributed by atoms with van der Waals surface area (Å²) in [5.74, 6) is 0. The molecule has 0 aromatic heterocycles. The van der Waals surface area contributed by atoms with E-state index in [0.29, 0.717) is 0 Å². The molecule has 0 unspecified atom stereocenters. The van der Waals surface area contributed by atoms with Crippen LogP contribution in [0, 0.1) is 0 Å². The number of hydrogen-bond acceptors (Lipinski definition) is 2. The summed E-state index contributed by atoms with van der Waals surface area (Å²) in [7, 11) is -4.64. The second-order valence-corrected chi connectivity index (χ2v) is 1.54. The van der Waals surface area contributed by atoms with Gasteiger partial charge < -0.3 is 20.8 Å². The first-order valence-electron chi connectivity index (χ1n) is 0.783. The molecule has 5 nitrogen and oxygen atoms in total. The first-order valence-corrected chi connectivity index (χ1v) is 2.35. The number of phosphoric acid groups is 1. The van der Waals surface area contributed by atoms with Gasteiger partial charge in [0.15, 0.2) is 0 Å². The molecular formula is H10CaMgNO4P. The average Bonchev–Trinajstić information content (AvgIpc) is 0.722. The third-order valence-corrected chi connectivity index (χ3v) is 0. The topological polar surface area (TPSA) is 113 Å². The Morgan fingerprint density at radius 2 is 1.12 bits per heavy atom. The van der Waals surface area contributed by atoms with E-state index >= 15 is 0 Å². The Bertz CT molecular complexity index is 62.2. The van der Waals surface area contributed by atoms with E-state index in [2.05, 4.69) is 0 Å². The van der Waals surface area contributed by atoms with Crippen molar-refractivity contribution < 1.29 is 19.2 Å². The van der Waals surface area contributed by atoms with E-state index in [1.807, 2.05) is 0 Å². The third kappa shape index (κ3) is 92.8. The Morgan fingerprint density at radius 3 is 1.12 bits per heavy atom. The molecule has 0 rings (SSSR count). The van der Waals surface area contributed by atoms with Crippen molar-refractivity contribution >= 4 is 68.6 Å². The minimum absolute atomic E-state index is 0. The van der Waals surface area contributed by atoms with Crippen LogP contribution in [0.4, 0.5) is 0 Å². The van der Waals surface area contributed by atoms with Crippen LogP contribution in [0.25, 0.3) is 0 Å². The standard InChI is InChI=1S/Ca.Mg.H3N.H3O4P.4H/c;;;1-5(2,3)4;;;;/h;;1H3;(H3,1,2,3,4);;;;. The monoisotopic (exact) mass is 183 g/mol. The van der Waals surface area contributed by atoms with Gasteiger partial charge in [0.05, 0.1) is 0 Å². The minimum atomic E-state index is -4.64. The average molecular weight is 183 g/mol. The van der Waals surface area contributed by atoms with Gasteiger partial charge in [-0.05, 0) is 0 Å². The first-order chi connectivity index (χ1) is 2.00. The molecule has 0 aliphatic rings. The van der Waals surface area contributed by atoms with Crippen LogP contribution in [0.3, 0.4) is 0 Å². The molecule has 48 valence electrons. The Kier molecular flexibility index (Phi) is 25.6. The maximum Gasteiger partial charge on any atom is 0.316 e. The van der Waals surface area contributed by atoms with E-state index in [1.54, 1.807) is 0 Å². The molecule has 0 spiro atoms. The molecule has 0 aliphatic heterocycles. The van der Waals surface area contributed by atoms with Gasteiger partial charge in [-0.1, -0.05) is 0 Å². The fourth-order valence-electron chi connectivity index (χ4n) is 0. The molecule has 0 saturated carbocycles. The van der Waals surface area contributed by atoms with Crippen molar-refractivity contribution in [2.75, 3.05) is 0 Å². The SMILES string of the molecule is N.O=P(O)(O)O.[CaH2].[MgH2]. The largest absolute Gasteiger partial charge is 0.316 e. The summed E-state index contributed by atoms with van der Waals surface area (Å²) >= 11 is 0. The maximum absolute atomic E-state index is 8.88. The molecule has 0 fully saturated rings. The second-order valence-electron chi connectivity index (χ2n) is 0.513. The van der Waals surface area contributed by atoms with E-state index in [1.165, 1.54) is 0 Å². The van der Waals surface area contributed by atoms with Crippen molar-refractivity contribution in [2.24, 2.45) is 0 Å². The quantitative estimate of drug-likeness (QED) is 0.243. The first kappa shape index (κ1) is 22.5. The predicted molar refractivity (Wildman–Crippen MR) is 36.4 cm³/mol. The second kappa shape index (κ2) is 9.10. The van der Waals surface area contributed by atoms with Crippen molar-refractivity contribution in [1.29, 1.82) is 0 Å². The van der Waals surface area contributed by atoms with Crippen LogP contribution in [0.5, 0.6) is 0 Å². The molecule has 0 heterocycles. The minimum Gasteiger partial charge on any atom is 0.316 e. The molecule has 0 aromatic rings. The summed E-state index contributed by atoms with van der Waals surface area (Å²) in [6.07, 6.45) is 0. The molecule has 8 heavy (non-hydrogen) atoms. The molecule has 0 atom stereocenters. The summed E-state index contributed by atoms with van der Waals surface area (Å²) in [5.41, 5.74) is 0. The predicted octanol–water partition coefficient (Wildman–Crippen LogP) is -2.60. The van der Waals surface area contributed by atoms with Gasteiger partial charge in [0.2, 0.25) is 0 Å². The van der Waals surface area contributed by atoms with Crippen molar-refractivity contribution in [3.05, 3.63) is 0 Å². The number of rotatable bonds is 0. The van der Waals surface area contributed by atoms with Crippen molar-refractivity contribution in [3.63, 3.8) is 0 Å². The summed E-state index contributed by atoms with van der Waals surface area (Å²) in [6.45, 7) is 0. The van der Waals surface area contributed by atoms with Crippen LogP contribution < -0.4 is 6.15 Å². The van der Waals surface area contributed by atoms with Crippen LogP contribution in [-0.2, 0) is 4.57 Å².